The summed E-state index contributed by atoms with van der Waals surface area (Å²) in [7, 11) is 0. The molecule has 0 bridgehead atoms. The molecule has 2 rings (SSSR count). The minimum atomic E-state index is 0.485. The normalized spacial score (nSPS) is 27.1. The summed E-state index contributed by atoms with van der Waals surface area (Å²) in [6.07, 6.45) is 4.01. The summed E-state index contributed by atoms with van der Waals surface area (Å²) in [6.45, 7) is 6.77. The minimum Gasteiger partial charge on any atom is -0.469 e. The van der Waals surface area contributed by atoms with Gasteiger partial charge >= 0.3 is 0 Å². The summed E-state index contributed by atoms with van der Waals surface area (Å²) < 4.78 is 5.34. The van der Waals surface area contributed by atoms with Crippen LogP contribution < -0.4 is 10.6 Å². The Bertz CT molecular complexity index is 297. The van der Waals surface area contributed by atoms with Crippen LogP contribution in [0.3, 0.4) is 0 Å². The van der Waals surface area contributed by atoms with E-state index in [1.807, 2.05) is 12.1 Å². The quantitative estimate of drug-likeness (QED) is 0.797. The van der Waals surface area contributed by atoms with E-state index in [4.69, 9.17) is 4.42 Å². The van der Waals surface area contributed by atoms with Crippen LogP contribution in [-0.4, -0.2) is 25.2 Å². The summed E-state index contributed by atoms with van der Waals surface area (Å²) in [5.41, 5.74) is 0. The highest BCUT2D eigenvalue weighted by Gasteiger charge is 2.22. The maximum absolute atomic E-state index is 5.34. The Hall–Kier alpha value is -0.800. The Labute approximate surface area is 97.6 Å². The van der Waals surface area contributed by atoms with E-state index in [1.165, 1.54) is 13.0 Å². The highest BCUT2D eigenvalue weighted by atomic mass is 16.3. The molecule has 3 atom stereocenters. The smallest absolute Gasteiger partial charge is 0.105 e. The average Bonchev–Trinajstić information content (AvgIpc) is 2.87. The molecule has 3 heteroatoms. The standard InChI is InChI=1S/C13H22N2O/c1-10(8-13-4-3-7-16-13)15-9-12-5-6-14-11(12)2/h3-4,7,10-12,14-15H,5-6,8-9H2,1-2H3. The van der Waals surface area contributed by atoms with Crippen molar-refractivity contribution in [2.75, 3.05) is 13.1 Å². The van der Waals surface area contributed by atoms with Crippen molar-refractivity contribution in [1.82, 2.24) is 10.6 Å². The molecule has 0 aliphatic carbocycles. The molecule has 1 aliphatic rings. The third-order valence-electron chi connectivity index (χ3n) is 3.50. The van der Waals surface area contributed by atoms with Crippen LogP contribution >= 0.6 is 0 Å². The number of rotatable bonds is 5. The van der Waals surface area contributed by atoms with Crippen LogP contribution in [0.25, 0.3) is 0 Å². The SMILES string of the molecule is CC(Cc1ccco1)NCC1CCNC1C. The first-order valence-electron chi connectivity index (χ1n) is 6.25. The lowest BCUT2D eigenvalue weighted by Gasteiger charge is -2.19. The number of hydrogen-bond donors (Lipinski definition) is 2. The first-order chi connectivity index (χ1) is 7.75. The summed E-state index contributed by atoms with van der Waals surface area (Å²) in [5.74, 6) is 1.84. The molecule has 90 valence electrons. The van der Waals surface area contributed by atoms with E-state index < -0.39 is 0 Å². The second-order valence-corrected chi connectivity index (χ2v) is 4.88. The molecule has 3 unspecified atom stereocenters. The van der Waals surface area contributed by atoms with Gasteiger partial charge in [-0.1, -0.05) is 0 Å². The summed E-state index contributed by atoms with van der Waals surface area (Å²) >= 11 is 0. The predicted molar refractivity (Wildman–Crippen MR) is 65.4 cm³/mol. The van der Waals surface area contributed by atoms with Gasteiger partial charge in [0, 0.05) is 18.5 Å². The number of hydrogen-bond acceptors (Lipinski definition) is 3. The lowest BCUT2D eigenvalue weighted by molar-refractivity contribution is 0.395. The Kier molecular flexibility index (Phi) is 4.02. The van der Waals surface area contributed by atoms with Crippen molar-refractivity contribution in [3.63, 3.8) is 0 Å². The second-order valence-electron chi connectivity index (χ2n) is 4.88. The lowest BCUT2D eigenvalue weighted by atomic mass is 10.0. The topological polar surface area (TPSA) is 37.2 Å². The van der Waals surface area contributed by atoms with Gasteiger partial charge in [0.15, 0.2) is 0 Å². The molecule has 0 saturated carbocycles. The van der Waals surface area contributed by atoms with Gasteiger partial charge < -0.3 is 15.1 Å². The molecule has 1 aromatic heterocycles. The van der Waals surface area contributed by atoms with Crippen molar-refractivity contribution in [3.05, 3.63) is 24.2 Å². The Morgan fingerprint density at radius 1 is 1.62 bits per heavy atom. The van der Waals surface area contributed by atoms with E-state index in [0.29, 0.717) is 12.1 Å². The molecule has 2 N–H and O–H groups in total. The van der Waals surface area contributed by atoms with Gasteiger partial charge in [-0.3, -0.25) is 0 Å². The molecule has 3 nitrogen and oxygen atoms in total. The van der Waals surface area contributed by atoms with E-state index in [2.05, 4.69) is 24.5 Å². The average molecular weight is 222 g/mol. The maximum atomic E-state index is 5.34. The van der Waals surface area contributed by atoms with Crippen molar-refractivity contribution in [3.8, 4) is 0 Å². The fraction of sp³-hybridized carbons (Fsp3) is 0.692. The van der Waals surface area contributed by atoms with Gasteiger partial charge in [0.2, 0.25) is 0 Å². The van der Waals surface area contributed by atoms with Crippen LogP contribution in [0, 0.1) is 5.92 Å². The molecule has 0 aromatic carbocycles. The van der Waals surface area contributed by atoms with Crippen molar-refractivity contribution < 1.29 is 4.42 Å². The zero-order chi connectivity index (χ0) is 11.4. The second kappa shape index (κ2) is 5.51. The van der Waals surface area contributed by atoms with Gasteiger partial charge in [-0.15, -0.1) is 0 Å². The zero-order valence-electron chi connectivity index (χ0n) is 10.2. The van der Waals surface area contributed by atoms with Crippen LogP contribution in [-0.2, 0) is 6.42 Å². The molecule has 2 heterocycles. The molecule has 1 fully saturated rings. The fourth-order valence-electron chi connectivity index (χ4n) is 2.35. The molecule has 16 heavy (non-hydrogen) atoms. The van der Waals surface area contributed by atoms with Gasteiger partial charge in [-0.05, 0) is 51.4 Å². The van der Waals surface area contributed by atoms with Gasteiger partial charge in [0.05, 0.1) is 6.26 Å². The molecular formula is C13H22N2O. The monoisotopic (exact) mass is 222 g/mol. The Morgan fingerprint density at radius 3 is 3.12 bits per heavy atom. The maximum Gasteiger partial charge on any atom is 0.105 e. The summed E-state index contributed by atoms with van der Waals surface area (Å²) in [4.78, 5) is 0. The first kappa shape index (κ1) is 11.7. The van der Waals surface area contributed by atoms with Crippen LogP contribution in [0.15, 0.2) is 22.8 Å². The van der Waals surface area contributed by atoms with Gasteiger partial charge in [0.25, 0.3) is 0 Å². The summed E-state index contributed by atoms with van der Waals surface area (Å²) in [5, 5.41) is 7.07. The molecule has 0 amide bonds. The van der Waals surface area contributed by atoms with Gasteiger partial charge in [-0.25, -0.2) is 0 Å². The molecule has 1 saturated heterocycles. The largest absolute Gasteiger partial charge is 0.469 e. The van der Waals surface area contributed by atoms with Crippen molar-refractivity contribution >= 4 is 0 Å². The van der Waals surface area contributed by atoms with Crippen LogP contribution in [0.1, 0.15) is 26.0 Å². The Balaban J connectivity index is 1.69. The van der Waals surface area contributed by atoms with Crippen molar-refractivity contribution in [2.24, 2.45) is 5.92 Å². The fourth-order valence-corrected chi connectivity index (χ4v) is 2.35. The zero-order valence-corrected chi connectivity index (χ0v) is 10.2. The minimum absolute atomic E-state index is 0.485. The van der Waals surface area contributed by atoms with E-state index in [9.17, 15) is 0 Å². The van der Waals surface area contributed by atoms with Crippen LogP contribution in [0.2, 0.25) is 0 Å². The summed E-state index contributed by atoms with van der Waals surface area (Å²) in [6, 6.07) is 5.13. The van der Waals surface area contributed by atoms with Crippen LogP contribution in [0.4, 0.5) is 0 Å². The molecule has 0 radical (unpaired) electrons. The predicted octanol–water partition coefficient (Wildman–Crippen LogP) is 1.80. The lowest BCUT2D eigenvalue weighted by Crippen LogP contribution is -2.36. The van der Waals surface area contributed by atoms with E-state index in [-0.39, 0.29) is 0 Å². The van der Waals surface area contributed by atoms with Crippen molar-refractivity contribution in [1.29, 1.82) is 0 Å². The van der Waals surface area contributed by atoms with E-state index in [0.717, 1.165) is 24.6 Å². The third kappa shape index (κ3) is 3.09. The molecule has 1 aromatic rings. The molecule has 1 aliphatic heterocycles. The first-order valence-corrected chi connectivity index (χ1v) is 6.25. The van der Waals surface area contributed by atoms with Gasteiger partial charge in [0.1, 0.15) is 5.76 Å². The Morgan fingerprint density at radius 2 is 2.50 bits per heavy atom. The van der Waals surface area contributed by atoms with Crippen LogP contribution in [0.5, 0.6) is 0 Å². The number of furan rings is 1. The van der Waals surface area contributed by atoms with Gasteiger partial charge in [-0.2, -0.15) is 0 Å². The van der Waals surface area contributed by atoms with E-state index >= 15 is 0 Å². The number of nitrogens with one attached hydrogen (secondary N) is 2. The third-order valence-corrected chi connectivity index (χ3v) is 3.50. The molecule has 0 spiro atoms. The van der Waals surface area contributed by atoms with E-state index in [1.54, 1.807) is 6.26 Å². The van der Waals surface area contributed by atoms with Crippen molar-refractivity contribution in [2.45, 2.75) is 38.8 Å². The highest BCUT2D eigenvalue weighted by molar-refractivity contribution is 5.00. The highest BCUT2D eigenvalue weighted by Crippen LogP contribution is 2.14. The molecular weight excluding hydrogens is 200 g/mol.